The highest BCUT2D eigenvalue weighted by Gasteiger charge is 2.28. The van der Waals surface area contributed by atoms with Crippen LogP contribution in [0.3, 0.4) is 0 Å². The first-order valence-electron chi connectivity index (χ1n) is 12.9. The molecule has 0 radical (unpaired) electrons. The third kappa shape index (κ3) is 4.57. The monoisotopic (exact) mass is 475 g/mol. The zero-order valence-electron chi connectivity index (χ0n) is 20.2. The third-order valence-electron chi connectivity index (χ3n) is 7.63. The van der Waals surface area contributed by atoms with Crippen LogP contribution in [0, 0.1) is 0 Å². The predicted molar refractivity (Wildman–Crippen MR) is 134 cm³/mol. The molecule has 1 saturated carbocycles. The Labute approximate surface area is 205 Å². The average Bonchev–Trinajstić information content (AvgIpc) is 3.39. The van der Waals surface area contributed by atoms with E-state index in [1.165, 1.54) is 37.7 Å². The second-order valence-corrected chi connectivity index (χ2v) is 9.77. The Hall–Kier alpha value is -3.20. The molecule has 184 valence electrons. The van der Waals surface area contributed by atoms with Crippen LogP contribution in [0.5, 0.6) is 0 Å². The summed E-state index contributed by atoms with van der Waals surface area (Å²) in [7, 11) is 0. The molecule has 9 nitrogen and oxygen atoms in total. The quantitative estimate of drug-likeness (QED) is 0.578. The molecule has 6 rings (SSSR count). The zero-order chi connectivity index (χ0) is 23.6. The number of fused-ring (bicyclic) bond motifs is 1. The maximum absolute atomic E-state index is 12.8. The number of amides is 2. The van der Waals surface area contributed by atoms with E-state index in [0.29, 0.717) is 70.1 Å². The lowest BCUT2D eigenvalue weighted by Crippen LogP contribution is -2.55. The molecule has 35 heavy (non-hydrogen) atoms. The van der Waals surface area contributed by atoms with Crippen molar-refractivity contribution < 1.29 is 9.53 Å². The fraction of sp³-hybridized carbons (Fsp3) is 0.538. The number of aromatic nitrogens is 4. The molecule has 4 heterocycles. The lowest BCUT2D eigenvalue weighted by molar-refractivity contribution is 0.0428. The van der Waals surface area contributed by atoms with Crippen LogP contribution in [0.1, 0.15) is 43.6 Å². The number of urea groups is 1. The highest BCUT2D eigenvalue weighted by atomic mass is 16.5. The van der Waals surface area contributed by atoms with E-state index in [1.54, 1.807) is 6.20 Å². The molecule has 0 N–H and O–H groups in total. The molecule has 2 aromatic heterocycles. The second-order valence-electron chi connectivity index (χ2n) is 9.77. The molecular weight excluding hydrogens is 442 g/mol. The van der Waals surface area contributed by atoms with Gasteiger partial charge in [0.2, 0.25) is 5.95 Å². The minimum absolute atomic E-state index is 0.108. The number of hydrogen-bond donors (Lipinski definition) is 0. The fourth-order valence-electron chi connectivity index (χ4n) is 5.55. The molecule has 9 heteroatoms. The van der Waals surface area contributed by atoms with Crippen molar-refractivity contribution in [3.8, 4) is 11.3 Å². The summed E-state index contributed by atoms with van der Waals surface area (Å²) < 4.78 is 7.21. The van der Waals surface area contributed by atoms with Gasteiger partial charge in [0, 0.05) is 51.0 Å². The molecule has 3 aromatic rings. The molecule has 2 saturated heterocycles. The van der Waals surface area contributed by atoms with Gasteiger partial charge in [-0.05, 0) is 30.4 Å². The Bertz CT molecular complexity index is 1160. The van der Waals surface area contributed by atoms with Crippen molar-refractivity contribution in [2.24, 2.45) is 0 Å². The van der Waals surface area contributed by atoms with E-state index in [4.69, 9.17) is 14.8 Å². The van der Waals surface area contributed by atoms with Crippen molar-refractivity contribution in [2.75, 3.05) is 57.4 Å². The summed E-state index contributed by atoms with van der Waals surface area (Å²) in [5, 5.41) is 4.82. The van der Waals surface area contributed by atoms with Crippen molar-refractivity contribution in [3.05, 3.63) is 42.1 Å². The molecule has 3 fully saturated rings. The van der Waals surface area contributed by atoms with Gasteiger partial charge in [-0.1, -0.05) is 43.5 Å². The van der Waals surface area contributed by atoms with Crippen LogP contribution in [0.25, 0.3) is 17.0 Å². The van der Waals surface area contributed by atoms with Crippen molar-refractivity contribution in [2.45, 2.75) is 38.0 Å². The first-order valence-corrected chi connectivity index (χ1v) is 12.9. The molecule has 1 aromatic carbocycles. The lowest BCUT2D eigenvalue weighted by Gasteiger charge is -2.38. The van der Waals surface area contributed by atoms with E-state index >= 15 is 0 Å². The molecule has 2 aliphatic heterocycles. The summed E-state index contributed by atoms with van der Waals surface area (Å²) in [5.74, 6) is 1.96. The van der Waals surface area contributed by atoms with Gasteiger partial charge in [0.05, 0.1) is 18.9 Å². The van der Waals surface area contributed by atoms with Gasteiger partial charge in [0.1, 0.15) is 0 Å². The van der Waals surface area contributed by atoms with Gasteiger partial charge in [0.15, 0.2) is 0 Å². The molecule has 0 atom stereocenters. The van der Waals surface area contributed by atoms with Gasteiger partial charge in [-0.15, -0.1) is 5.10 Å². The van der Waals surface area contributed by atoms with Crippen LogP contribution in [0.2, 0.25) is 0 Å². The van der Waals surface area contributed by atoms with Gasteiger partial charge >= 0.3 is 6.03 Å². The van der Waals surface area contributed by atoms with Crippen molar-refractivity contribution in [3.63, 3.8) is 0 Å². The van der Waals surface area contributed by atoms with E-state index in [1.807, 2.05) is 20.4 Å². The largest absolute Gasteiger partial charge is 0.378 e. The number of nitrogens with zero attached hydrogens (tertiary/aromatic N) is 7. The number of carbonyl (C=O) groups excluding carboxylic acids is 1. The van der Waals surface area contributed by atoms with Gasteiger partial charge in [-0.3, -0.25) is 0 Å². The van der Waals surface area contributed by atoms with E-state index in [2.05, 4.69) is 34.1 Å². The number of ether oxygens (including phenoxy) is 1. The summed E-state index contributed by atoms with van der Waals surface area (Å²) in [6, 6.07) is 11.1. The van der Waals surface area contributed by atoms with E-state index in [0.717, 1.165) is 11.3 Å². The maximum atomic E-state index is 12.8. The summed E-state index contributed by atoms with van der Waals surface area (Å²) >= 11 is 0. The van der Waals surface area contributed by atoms with Crippen LogP contribution in [-0.2, 0) is 4.74 Å². The summed E-state index contributed by atoms with van der Waals surface area (Å²) in [5.41, 5.74) is 3.56. The SMILES string of the molecule is O=C(N1CCOCC1)N1CCN(c2nc3nccc(-c4ccc(C5CCCCC5)cc4)n3n2)CC1. The molecule has 0 bridgehead atoms. The molecule has 3 aliphatic rings. The number of morpholine rings is 1. The van der Waals surface area contributed by atoms with E-state index in [-0.39, 0.29) is 6.03 Å². The lowest BCUT2D eigenvalue weighted by atomic mass is 9.84. The Morgan fingerprint density at radius 3 is 2.31 bits per heavy atom. The number of carbonyl (C=O) groups is 1. The Morgan fingerprint density at radius 2 is 1.57 bits per heavy atom. The predicted octanol–water partition coefficient (Wildman–Crippen LogP) is 3.41. The fourth-order valence-corrected chi connectivity index (χ4v) is 5.55. The normalized spacial score (nSPS) is 19.9. The zero-order valence-corrected chi connectivity index (χ0v) is 20.2. The second kappa shape index (κ2) is 9.81. The van der Waals surface area contributed by atoms with Crippen molar-refractivity contribution in [1.82, 2.24) is 29.4 Å². The highest BCUT2D eigenvalue weighted by molar-refractivity contribution is 5.75. The number of benzene rings is 1. The number of anilines is 1. The minimum Gasteiger partial charge on any atom is -0.378 e. The Balaban J connectivity index is 1.16. The molecule has 2 amide bonds. The smallest absolute Gasteiger partial charge is 0.320 e. The summed E-state index contributed by atoms with van der Waals surface area (Å²) in [6.45, 7) is 5.32. The van der Waals surface area contributed by atoms with Crippen LogP contribution in [0.15, 0.2) is 36.5 Å². The number of rotatable bonds is 3. The minimum atomic E-state index is 0.108. The molecule has 0 unspecified atom stereocenters. The summed E-state index contributed by atoms with van der Waals surface area (Å²) in [4.78, 5) is 27.9. The Kier molecular flexibility index (Phi) is 6.24. The first kappa shape index (κ1) is 22.3. The topological polar surface area (TPSA) is 79.1 Å². The molecule has 1 aliphatic carbocycles. The van der Waals surface area contributed by atoms with Gasteiger partial charge in [0.25, 0.3) is 5.78 Å². The van der Waals surface area contributed by atoms with Crippen LogP contribution in [0.4, 0.5) is 10.7 Å². The summed E-state index contributed by atoms with van der Waals surface area (Å²) in [6.07, 6.45) is 8.46. The maximum Gasteiger partial charge on any atom is 0.320 e. The average molecular weight is 476 g/mol. The number of piperazine rings is 1. The van der Waals surface area contributed by atoms with Crippen LogP contribution < -0.4 is 4.90 Å². The van der Waals surface area contributed by atoms with Crippen molar-refractivity contribution >= 4 is 17.8 Å². The third-order valence-corrected chi connectivity index (χ3v) is 7.63. The first-order chi connectivity index (χ1) is 17.3. The van der Waals surface area contributed by atoms with E-state index in [9.17, 15) is 4.79 Å². The van der Waals surface area contributed by atoms with Gasteiger partial charge in [-0.2, -0.15) is 9.50 Å². The molecule has 0 spiro atoms. The molecular formula is C26H33N7O2. The number of hydrogen-bond acceptors (Lipinski definition) is 6. The van der Waals surface area contributed by atoms with Crippen molar-refractivity contribution in [1.29, 1.82) is 0 Å². The standard InChI is InChI=1S/C26H33N7O2/c34-26(32-16-18-35-19-17-32)31-14-12-30(13-15-31)25-28-24-27-11-10-23(33(24)29-25)22-8-6-21(7-9-22)20-4-2-1-3-5-20/h6-11,20H,1-5,12-19H2. The van der Waals surface area contributed by atoms with E-state index < -0.39 is 0 Å². The van der Waals surface area contributed by atoms with Gasteiger partial charge < -0.3 is 19.4 Å². The van der Waals surface area contributed by atoms with Crippen LogP contribution in [-0.4, -0.2) is 87.9 Å². The highest BCUT2D eigenvalue weighted by Crippen LogP contribution is 2.33. The Morgan fingerprint density at radius 1 is 0.857 bits per heavy atom. The van der Waals surface area contributed by atoms with Gasteiger partial charge in [-0.25, -0.2) is 9.78 Å². The van der Waals surface area contributed by atoms with Crippen LogP contribution >= 0.6 is 0 Å².